The lowest BCUT2D eigenvalue weighted by Gasteiger charge is -2.34. The van der Waals surface area contributed by atoms with Crippen LogP contribution in [0.15, 0.2) is 0 Å². The first kappa shape index (κ1) is 12.4. The number of carbonyl (C=O) groups excluding carboxylic acids is 1. The predicted octanol–water partition coefficient (Wildman–Crippen LogP) is 1.02. The quantitative estimate of drug-likeness (QED) is 0.757. The molecule has 4 heteroatoms. The van der Waals surface area contributed by atoms with Crippen LogP contribution in [-0.4, -0.2) is 50.2 Å². The van der Waals surface area contributed by atoms with Gasteiger partial charge in [0.25, 0.3) is 0 Å². The molecule has 0 aromatic carbocycles. The minimum absolute atomic E-state index is 0.230. The van der Waals surface area contributed by atoms with E-state index < -0.39 is 0 Å². The molecule has 0 aromatic rings. The van der Waals surface area contributed by atoms with Crippen LogP contribution >= 0.6 is 0 Å². The lowest BCUT2D eigenvalue weighted by molar-refractivity contribution is -0.135. The van der Waals surface area contributed by atoms with Crippen LogP contribution in [0.3, 0.4) is 0 Å². The molecule has 0 radical (unpaired) electrons. The average molecular weight is 252 g/mol. The van der Waals surface area contributed by atoms with Crippen molar-refractivity contribution < 1.29 is 9.53 Å². The summed E-state index contributed by atoms with van der Waals surface area (Å²) in [6, 6.07) is 0. The minimum atomic E-state index is 0.230. The summed E-state index contributed by atoms with van der Waals surface area (Å²) in [6.07, 6.45) is 5.67. The van der Waals surface area contributed by atoms with Gasteiger partial charge >= 0.3 is 0 Å². The molecule has 4 nitrogen and oxygen atoms in total. The highest BCUT2D eigenvalue weighted by Crippen LogP contribution is 2.40. The van der Waals surface area contributed by atoms with Gasteiger partial charge in [-0.25, -0.2) is 0 Å². The van der Waals surface area contributed by atoms with E-state index in [0.717, 1.165) is 65.1 Å². The SMILES string of the molecule is O=C([C@@H]1CCCNC1)N1CCC2(CCOCC2)C1. The fourth-order valence-electron chi connectivity index (χ4n) is 3.66. The Morgan fingerprint density at radius 2 is 2.11 bits per heavy atom. The Morgan fingerprint density at radius 1 is 1.28 bits per heavy atom. The zero-order chi connectivity index (χ0) is 12.4. The standard InChI is InChI=1S/C14H24N2O2/c17-13(12-2-1-6-15-10-12)16-7-3-14(11-16)4-8-18-9-5-14/h12,15H,1-11H2/t12-/m1/s1. The first-order valence-electron chi connectivity index (χ1n) is 7.36. The molecule has 3 saturated heterocycles. The second-order valence-electron chi connectivity index (χ2n) is 6.17. The van der Waals surface area contributed by atoms with Crippen LogP contribution in [0.5, 0.6) is 0 Å². The summed E-state index contributed by atoms with van der Waals surface area (Å²) in [5, 5.41) is 3.34. The van der Waals surface area contributed by atoms with Crippen molar-refractivity contribution in [1.82, 2.24) is 10.2 Å². The van der Waals surface area contributed by atoms with Gasteiger partial charge in [0.05, 0.1) is 5.92 Å². The van der Waals surface area contributed by atoms with Crippen LogP contribution in [0.1, 0.15) is 32.1 Å². The van der Waals surface area contributed by atoms with Gasteiger partial charge in [-0.05, 0) is 44.1 Å². The van der Waals surface area contributed by atoms with Crippen LogP contribution < -0.4 is 5.32 Å². The molecule has 102 valence electrons. The van der Waals surface area contributed by atoms with Crippen LogP contribution in [0, 0.1) is 11.3 Å². The van der Waals surface area contributed by atoms with Gasteiger partial charge in [-0.3, -0.25) is 4.79 Å². The van der Waals surface area contributed by atoms with E-state index in [0.29, 0.717) is 11.3 Å². The van der Waals surface area contributed by atoms with Gasteiger partial charge in [-0.1, -0.05) is 0 Å². The molecular formula is C14H24N2O2. The fraction of sp³-hybridized carbons (Fsp3) is 0.929. The third-order valence-electron chi connectivity index (χ3n) is 4.95. The summed E-state index contributed by atoms with van der Waals surface area (Å²) >= 11 is 0. The van der Waals surface area contributed by atoms with E-state index in [4.69, 9.17) is 4.74 Å². The van der Waals surface area contributed by atoms with Crippen molar-refractivity contribution in [2.45, 2.75) is 32.1 Å². The molecule has 1 N–H and O–H groups in total. The van der Waals surface area contributed by atoms with E-state index >= 15 is 0 Å². The molecule has 0 bridgehead atoms. The molecule has 0 aliphatic carbocycles. The van der Waals surface area contributed by atoms with Crippen molar-refractivity contribution in [1.29, 1.82) is 0 Å². The van der Waals surface area contributed by atoms with Gasteiger partial charge in [0, 0.05) is 32.8 Å². The third-order valence-corrected chi connectivity index (χ3v) is 4.95. The summed E-state index contributed by atoms with van der Waals surface area (Å²) in [7, 11) is 0. The average Bonchev–Trinajstić information content (AvgIpc) is 2.83. The first-order valence-corrected chi connectivity index (χ1v) is 7.36. The number of nitrogens with one attached hydrogen (secondary N) is 1. The van der Waals surface area contributed by atoms with E-state index in [1.54, 1.807) is 0 Å². The molecule has 1 amide bonds. The monoisotopic (exact) mass is 252 g/mol. The number of ether oxygens (including phenoxy) is 1. The molecule has 3 heterocycles. The summed E-state index contributed by atoms with van der Waals surface area (Å²) in [5.41, 5.74) is 0.385. The zero-order valence-corrected chi connectivity index (χ0v) is 11.1. The van der Waals surface area contributed by atoms with Crippen LogP contribution in [-0.2, 0) is 9.53 Å². The minimum Gasteiger partial charge on any atom is -0.381 e. The molecular weight excluding hydrogens is 228 g/mol. The van der Waals surface area contributed by atoms with Gasteiger partial charge in [0.15, 0.2) is 0 Å². The topological polar surface area (TPSA) is 41.6 Å². The maximum absolute atomic E-state index is 12.5. The number of carbonyl (C=O) groups is 1. The van der Waals surface area contributed by atoms with E-state index in [1.807, 2.05) is 0 Å². The number of hydrogen-bond donors (Lipinski definition) is 1. The van der Waals surface area contributed by atoms with Gasteiger partial charge in [0.2, 0.25) is 5.91 Å². The highest BCUT2D eigenvalue weighted by Gasteiger charge is 2.42. The van der Waals surface area contributed by atoms with Crippen molar-refractivity contribution in [2.24, 2.45) is 11.3 Å². The van der Waals surface area contributed by atoms with E-state index in [9.17, 15) is 4.79 Å². The van der Waals surface area contributed by atoms with Crippen molar-refractivity contribution in [2.75, 3.05) is 39.4 Å². The second kappa shape index (κ2) is 5.17. The number of amides is 1. The molecule has 0 unspecified atom stereocenters. The van der Waals surface area contributed by atoms with Crippen molar-refractivity contribution in [3.8, 4) is 0 Å². The lowest BCUT2D eigenvalue weighted by Crippen LogP contribution is -2.43. The fourth-order valence-corrected chi connectivity index (χ4v) is 3.66. The zero-order valence-electron chi connectivity index (χ0n) is 11.1. The first-order chi connectivity index (χ1) is 8.79. The van der Waals surface area contributed by atoms with Gasteiger partial charge in [-0.2, -0.15) is 0 Å². The van der Waals surface area contributed by atoms with E-state index in [-0.39, 0.29) is 5.92 Å². The number of nitrogens with zero attached hydrogens (tertiary/aromatic N) is 1. The third kappa shape index (κ3) is 2.41. The molecule has 1 atom stereocenters. The van der Waals surface area contributed by atoms with E-state index in [1.165, 1.54) is 6.42 Å². The van der Waals surface area contributed by atoms with Crippen molar-refractivity contribution in [3.63, 3.8) is 0 Å². The number of hydrogen-bond acceptors (Lipinski definition) is 3. The summed E-state index contributed by atoms with van der Waals surface area (Å²) in [5.74, 6) is 0.624. The Bertz CT molecular complexity index is 307. The number of piperidine rings is 1. The Hall–Kier alpha value is -0.610. The smallest absolute Gasteiger partial charge is 0.226 e. The Labute approximate surface area is 109 Å². The maximum Gasteiger partial charge on any atom is 0.226 e. The molecule has 18 heavy (non-hydrogen) atoms. The molecule has 3 fully saturated rings. The Balaban J connectivity index is 1.59. The van der Waals surface area contributed by atoms with E-state index in [2.05, 4.69) is 10.2 Å². The molecule has 3 aliphatic heterocycles. The van der Waals surface area contributed by atoms with Crippen LogP contribution in [0.25, 0.3) is 0 Å². The van der Waals surface area contributed by atoms with Gasteiger partial charge in [0.1, 0.15) is 0 Å². The molecule has 1 spiro atoms. The van der Waals surface area contributed by atoms with Crippen LogP contribution in [0.4, 0.5) is 0 Å². The normalized spacial score (nSPS) is 31.8. The highest BCUT2D eigenvalue weighted by atomic mass is 16.5. The molecule has 0 aromatic heterocycles. The highest BCUT2D eigenvalue weighted by molar-refractivity contribution is 5.79. The second-order valence-corrected chi connectivity index (χ2v) is 6.17. The number of likely N-dealkylation sites (tertiary alicyclic amines) is 1. The summed E-state index contributed by atoms with van der Waals surface area (Å²) < 4.78 is 5.45. The molecule has 0 saturated carbocycles. The largest absolute Gasteiger partial charge is 0.381 e. The summed E-state index contributed by atoms with van der Waals surface area (Å²) in [6.45, 7) is 5.66. The molecule has 3 rings (SSSR count). The van der Waals surface area contributed by atoms with Gasteiger partial charge in [-0.15, -0.1) is 0 Å². The summed E-state index contributed by atoms with van der Waals surface area (Å²) in [4.78, 5) is 14.6. The lowest BCUT2D eigenvalue weighted by atomic mass is 9.80. The Kier molecular flexibility index (Phi) is 3.57. The van der Waals surface area contributed by atoms with Crippen LogP contribution in [0.2, 0.25) is 0 Å². The predicted molar refractivity (Wildman–Crippen MR) is 69.3 cm³/mol. The van der Waals surface area contributed by atoms with Crippen molar-refractivity contribution in [3.05, 3.63) is 0 Å². The van der Waals surface area contributed by atoms with Gasteiger partial charge < -0.3 is 15.0 Å². The van der Waals surface area contributed by atoms with Crippen molar-refractivity contribution >= 4 is 5.91 Å². The maximum atomic E-state index is 12.5. The Morgan fingerprint density at radius 3 is 2.83 bits per heavy atom. The molecule has 3 aliphatic rings. The number of rotatable bonds is 1.